The van der Waals surface area contributed by atoms with E-state index in [0.29, 0.717) is 12.2 Å². The molecular formula is C16H15N3O2. The van der Waals surface area contributed by atoms with E-state index in [1.165, 1.54) is 6.20 Å². The molecule has 1 heterocycles. The van der Waals surface area contributed by atoms with Crippen molar-refractivity contribution in [2.45, 2.75) is 13.5 Å². The van der Waals surface area contributed by atoms with Crippen molar-refractivity contribution in [1.82, 2.24) is 5.32 Å². The standard InChI is InChI=1S/C16H15N3O2/c1-12-4-2-5-14(8-12)19-16(20)13(9-17)10-18-11-15-6-3-7-21-15/h2-8,10,18H,11H2,1H3,(H,19,20)/b13-10-. The lowest BCUT2D eigenvalue weighted by molar-refractivity contribution is -0.112. The van der Waals surface area contributed by atoms with E-state index in [-0.39, 0.29) is 5.57 Å². The molecule has 21 heavy (non-hydrogen) atoms. The zero-order chi connectivity index (χ0) is 15.1. The highest BCUT2D eigenvalue weighted by Gasteiger charge is 2.09. The molecule has 2 rings (SSSR count). The fourth-order valence-electron chi connectivity index (χ4n) is 1.74. The summed E-state index contributed by atoms with van der Waals surface area (Å²) in [5.41, 5.74) is 1.70. The Morgan fingerprint density at radius 3 is 2.90 bits per heavy atom. The summed E-state index contributed by atoms with van der Waals surface area (Å²) in [4.78, 5) is 12.0. The number of amides is 1. The number of nitrogens with one attached hydrogen (secondary N) is 2. The highest BCUT2D eigenvalue weighted by atomic mass is 16.3. The largest absolute Gasteiger partial charge is 0.467 e. The van der Waals surface area contributed by atoms with Crippen LogP contribution in [-0.4, -0.2) is 5.91 Å². The number of carbonyl (C=O) groups is 1. The Balaban J connectivity index is 1.96. The predicted molar refractivity (Wildman–Crippen MR) is 79.1 cm³/mol. The van der Waals surface area contributed by atoms with Gasteiger partial charge < -0.3 is 15.1 Å². The quantitative estimate of drug-likeness (QED) is 0.652. The molecule has 5 heteroatoms. The molecular weight excluding hydrogens is 266 g/mol. The van der Waals surface area contributed by atoms with Gasteiger partial charge in [-0.3, -0.25) is 4.79 Å². The van der Waals surface area contributed by atoms with E-state index in [0.717, 1.165) is 11.3 Å². The van der Waals surface area contributed by atoms with Gasteiger partial charge in [0.15, 0.2) is 0 Å². The van der Waals surface area contributed by atoms with Crippen LogP contribution < -0.4 is 10.6 Å². The fraction of sp³-hybridized carbons (Fsp3) is 0.125. The van der Waals surface area contributed by atoms with Gasteiger partial charge in [-0.2, -0.15) is 5.26 Å². The molecule has 0 radical (unpaired) electrons. The molecule has 0 saturated carbocycles. The summed E-state index contributed by atoms with van der Waals surface area (Å²) in [5, 5.41) is 14.6. The van der Waals surface area contributed by atoms with Crippen LogP contribution in [0.15, 0.2) is 58.9 Å². The van der Waals surface area contributed by atoms with Gasteiger partial charge in [0.25, 0.3) is 5.91 Å². The van der Waals surface area contributed by atoms with Crippen LogP contribution in [0.1, 0.15) is 11.3 Å². The van der Waals surface area contributed by atoms with Crippen molar-refractivity contribution in [1.29, 1.82) is 5.26 Å². The molecule has 0 fully saturated rings. The van der Waals surface area contributed by atoms with Crippen molar-refractivity contribution < 1.29 is 9.21 Å². The number of furan rings is 1. The average molecular weight is 281 g/mol. The second-order valence-corrected chi connectivity index (χ2v) is 4.45. The molecule has 106 valence electrons. The third-order valence-corrected chi connectivity index (χ3v) is 2.74. The van der Waals surface area contributed by atoms with Crippen molar-refractivity contribution in [3.8, 4) is 6.07 Å². The number of hydrogen-bond acceptors (Lipinski definition) is 4. The number of nitrogens with zero attached hydrogens (tertiary/aromatic N) is 1. The van der Waals surface area contributed by atoms with Gasteiger partial charge in [0.1, 0.15) is 17.4 Å². The van der Waals surface area contributed by atoms with Crippen LogP contribution in [0, 0.1) is 18.3 Å². The van der Waals surface area contributed by atoms with Gasteiger partial charge in [-0.25, -0.2) is 0 Å². The van der Waals surface area contributed by atoms with Crippen molar-refractivity contribution in [2.75, 3.05) is 5.32 Å². The number of carbonyl (C=O) groups excluding carboxylic acids is 1. The molecule has 0 saturated heterocycles. The first-order valence-electron chi connectivity index (χ1n) is 6.43. The van der Waals surface area contributed by atoms with E-state index in [4.69, 9.17) is 9.68 Å². The number of aryl methyl sites for hydroxylation is 1. The van der Waals surface area contributed by atoms with E-state index in [1.54, 1.807) is 24.5 Å². The molecule has 0 aliphatic heterocycles. The van der Waals surface area contributed by atoms with Crippen LogP contribution in [0.2, 0.25) is 0 Å². The summed E-state index contributed by atoms with van der Waals surface area (Å²) in [6, 6.07) is 12.8. The number of rotatable bonds is 5. The summed E-state index contributed by atoms with van der Waals surface area (Å²) in [7, 11) is 0. The first-order valence-corrected chi connectivity index (χ1v) is 6.43. The van der Waals surface area contributed by atoms with Crippen LogP contribution in [0.3, 0.4) is 0 Å². The smallest absolute Gasteiger partial charge is 0.267 e. The second-order valence-electron chi connectivity index (χ2n) is 4.45. The SMILES string of the molecule is Cc1cccc(NC(=O)/C(C#N)=C\NCc2ccco2)c1. The Morgan fingerprint density at radius 2 is 2.24 bits per heavy atom. The number of nitriles is 1. The molecule has 0 bridgehead atoms. The van der Waals surface area contributed by atoms with Crippen LogP contribution in [-0.2, 0) is 11.3 Å². The molecule has 2 N–H and O–H groups in total. The maximum absolute atomic E-state index is 12.0. The second kappa shape index (κ2) is 6.96. The number of anilines is 1. The molecule has 0 spiro atoms. The molecule has 0 atom stereocenters. The maximum Gasteiger partial charge on any atom is 0.267 e. The number of benzene rings is 1. The van der Waals surface area contributed by atoms with Gasteiger partial charge in [0.05, 0.1) is 12.8 Å². The summed E-state index contributed by atoms with van der Waals surface area (Å²) in [6.07, 6.45) is 2.95. The molecule has 0 aliphatic rings. The first-order chi connectivity index (χ1) is 10.2. The first kappa shape index (κ1) is 14.4. The minimum absolute atomic E-state index is 0.00284. The van der Waals surface area contributed by atoms with Gasteiger partial charge in [-0.05, 0) is 36.8 Å². The van der Waals surface area contributed by atoms with E-state index >= 15 is 0 Å². The highest BCUT2D eigenvalue weighted by molar-refractivity contribution is 6.06. The monoisotopic (exact) mass is 281 g/mol. The van der Waals surface area contributed by atoms with Crippen LogP contribution in [0.5, 0.6) is 0 Å². The topological polar surface area (TPSA) is 78.1 Å². The Morgan fingerprint density at radius 1 is 1.38 bits per heavy atom. The van der Waals surface area contributed by atoms with E-state index in [1.807, 2.05) is 31.2 Å². The lowest BCUT2D eigenvalue weighted by Gasteiger charge is -2.05. The van der Waals surface area contributed by atoms with Gasteiger partial charge in [-0.1, -0.05) is 12.1 Å². The van der Waals surface area contributed by atoms with Gasteiger partial charge in [0, 0.05) is 11.9 Å². The molecule has 2 aromatic rings. The molecule has 5 nitrogen and oxygen atoms in total. The molecule has 1 aromatic heterocycles. The Kier molecular flexibility index (Phi) is 4.78. The van der Waals surface area contributed by atoms with Crippen LogP contribution in [0.4, 0.5) is 5.69 Å². The minimum atomic E-state index is -0.449. The zero-order valence-electron chi connectivity index (χ0n) is 11.6. The Labute approximate surface area is 122 Å². The molecule has 0 unspecified atom stereocenters. The third-order valence-electron chi connectivity index (χ3n) is 2.74. The van der Waals surface area contributed by atoms with Crippen molar-refractivity contribution in [2.24, 2.45) is 0 Å². The van der Waals surface area contributed by atoms with E-state index < -0.39 is 5.91 Å². The van der Waals surface area contributed by atoms with Crippen LogP contribution in [0.25, 0.3) is 0 Å². The zero-order valence-corrected chi connectivity index (χ0v) is 11.6. The Hall–Kier alpha value is -3.00. The maximum atomic E-state index is 12.0. The Bertz CT molecular complexity index is 682. The van der Waals surface area contributed by atoms with Gasteiger partial charge in [0.2, 0.25) is 0 Å². The predicted octanol–water partition coefficient (Wildman–Crippen LogP) is 2.72. The summed E-state index contributed by atoms with van der Waals surface area (Å²) in [5.74, 6) is 0.276. The van der Waals surface area contributed by atoms with Crippen LogP contribution >= 0.6 is 0 Å². The molecule has 1 amide bonds. The third kappa shape index (κ3) is 4.25. The molecule has 0 aliphatic carbocycles. The average Bonchev–Trinajstić information content (AvgIpc) is 2.96. The molecule has 1 aromatic carbocycles. The lowest BCUT2D eigenvalue weighted by atomic mass is 10.2. The van der Waals surface area contributed by atoms with Crippen molar-refractivity contribution in [3.63, 3.8) is 0 Å². The summed E-state index contributed by atoms with van der Waals surface area (Å²) < 4.78 is 5.14. The van der Waals surface area contributed by atoms with E-state index in [9.17, 15) is 4.79 Å². The minimum Gasteiger partial charge on any atom is -0.467 e. The van der Waals surface area contributed by atoms with Crippen molar-refractivity contribution >= 4 is 11.6 Å². The fourth-order valence-corrected chi connectivity index (χ4v) is 1.74. The van der Waals surface area contributed by atoms with E-state index in [2.05, 4.69) is 10.6 Å². The van der Waals surface area contributed by atoms with Gasteiger partial charge >= 0.3 is 0 Å². The van der Waals surface area contributed by atoms with Crippen molar-refractivity contribution in [3.05, 3.63) is 65.8 Å². The summed E-state index contributed by atoms with van der Waals surface area (Å²) >= 11 is 0. The lowest BCUT2D eigenvalue weighted by Crippen LogP contribution is -2.16. The number of hydrogen-bond donors (Lipinski definition) is 2. The highest BCUT2D eigenvalue weighted by Crippen LogP contribution is 2.10. The van der Waals surface area contributed by atoms with Gasteiger partial charge in [-0.15, -0.1) is 0 Å². The summed E-state index contributed by atoms with van der Waals surface area (Å²) in [6.45, 7) is 2.34. The normalized spacial score (nSPS) is 10.8.